The maximum atomic E-state index is 12.1. The molecule has 1 N–H and O–H groups in total. The molecule has 0 unspecified atom stereocenters. The number of aliphatic imine (C=N–C) groups is 1. The zero-order valence-electron chi connectivity index (χ0n) is 12.9. The standard InChI is InChI=1S/C14H17N3O4S3/c1-6(18)8-10(19)17-9(12(20)21)13(24-11(8)17)23-7-4-16(5-7)14-15-2-3-22-14/h6-8,11,18H,2-5H2,1H3,(H,20,21)/p-1/t6-,8+,11-/m1/s1. The molecule has 0 radical (unpaired) electrons. The molecule has 0 aliphatic carbocycles. The number of β-lactam (4-membered cyclic amide) rings is 1. The van der Waals surface area contributed by atoms with Crippen molar-refractivity contribution in [2.45, 2.75) is 23.7 Å². The largest absolute Gasteiger partial charge is 0.543 e. The third-order valence-electron chi connectivity index (χ3n) is 4.42. The molecule has 4 heterocycles. The van der Waals surface area contributed by atoms with Gasteiger partial charge in [-0.2, -0.15) is 0 Å². The van der Waals surface area contributed by atoms with Gasteiger partial charge in [0.2, 0.25) is 5.91 Å². The summed E-state index contributed by atoms with van der Waals surface area (Å²) in [5.41, 5.74) is -0.0251. The summed E-state index contributed by atoms with van der Waals surface area (Å²) in [6, 6.07) is 0. The Kier molecular flexibility index (Phi) is 4.26. The number of nitrogens with zero attached hydrogens (tertiary/aromatic N) is 3. The number of aliphatic hydroxyl groups excluding tert-OH is 1. The van der Waals surface area contributed by atoms with E-state index in [4.69, 9.17) is 0 Å². The molecule has 7 nitrogen and oxygen atoms in total. The first-order valence-corrected chi connectivity index (χ1v) is 10.4. The molecule has 0 aromatic carbocycles. The smallest absolute Gasteiger partial charge is 0.236 e. The average Bonchev–Trinajstić information content (AvgIpc) is 3.07. The van der Waals surface area contributed by atoms with E-state index in [1.165, 1.54) is 28.4 Å². The Morgan fingerprint density at radius 3 is 2.83 bits per heavy atom. The Hall–Kier alpha value is -0.840. The molecule has 2 saturated heterocycles. The maximum absolute atomic E-state index is 12.1. The van der Waals surface area contributed by atoms with E-state index in [1.807, 2.05) is 0 Å². The molecule has 0 spiro atoms. The molecule has 4 aliphatic heterocycles. The van der Waals surface area contributed by atoms with Gasteiger partial charge in [0, 0.05) is 24.1 Å². The Morgan fingerprint density at radius 2 is 2.25 bits per heavy atom. The lowest BCUT2D eigenvalue weighted by Crippen LogP contribution is -2.61. The van der Waals surface area contributed by atoms with Gasteiger partial charge in [-0.15, -0.1) is 11.8 Å². The van der Waals surface area contributed by atoms with Crippen LogP contribution in [0.1, 0.15) is 6.92 Å². The molecule has 0 bridgehead atoms. The van der Waals surface area contributed by atoms with Crippen LogP contribution in [0.2, 0.25) is 0 Å². The molecule has 130 valence electrons. The van der Waals surface area contributed by atoms with Crippen molar-refractivity contribution in [2.75, 3.05) is 25.4 Å². The van der Waals surface area contributed by atoms with E-state index in [0.29, 0.717) is 4.24 Å². The van der Waals surface area contributed by atoms with Crippen LogP contribution in [0.15, 0.2) is 14.9 Å². The van der Waals surface area contributed by atoms with Crippen LogP contribution in [0.5, 0.6) is 0 Å². The number of amides is 1. The first kappa shape index (κ1) is 16.6. The number of carboxylic acids is 1. The highest BCUT2D eigenvalue weighted by Gasteiger charge is 2.56. The van der Waals surface area contributed by atoms with Crippen molar-refractivity contribution in [3.63, 3.8) is 0 Å². The predicted octanol–water partition coefficient (Wildman–Crippen LogP) is -0.662. The summed E-state index contributed by atoms with van der Waals surface area (Å²) >= 11 is 4.61. The van der Waals surface area contributed by atoms with Gasteiger partial charge in [0.05, 0.1) is 34.5 Å². The van der Waals surface area contributed by atoms with Gasteiger partial charge in [0.15, 0.2) is 5.17 Å². The maximum Gasteiger partial charge on any atom is 0.236 e. The van der Waals surface area contributed by atoms with Crippen LogP contribution in [0.3, 0.4) is 0 Å². The molecule has 0 aromatic heterocycles. The zero-order chi connectivity index (χ0) is 17.0. The molecule has 1 amide bonds. The Labute approximate surface area is 151 Å². The van der Waals surface area contributed by atoms with Crippen molar-refractivity contribution in [1.82, 2.24) is 9.80 Å². The number of amidine groups is 1. The molecular weight excluding hydrogens is 370 g/mol. The van der Waals surface area contributed by atoms with Crippen LogP contribution in [-0.2, 0) is 9.59 Å². The number of thioether (sulfide) groups is 3. The number of rotatable bonds is 4. The highest BCUT2D eigenvalue weighted by Crippen LogP contribution is 2.54. The van der Waals surface area contributed by atoms with Gasteiger partial charge in [0.1, 0.15) is 5.37 Å². The lowest BCUT2D eigenvalue weighted by atomic mass is 9.92. The average molecular weight is 387 g/mol. The summed E-state index contributed by atoms with van der Waals surface area (Å²) in [5, 5.41) is 22.3. The minimum atomic E-state index is -1.32. The number of aliphatic carboxylic acids is 1. The minimum Gasteiger partial charge on any atom is -0.543 e. The summed E-state index contributed by atoms with van der Waals surface area (Å²) in [6.07, 6.45) is -0.782. The fraction of sp³-hybridized carbons (Fsp3) is 0.643. The van der Waals surface area contributed by atoms with Crippen LogP contribution in [0.4, 0.5) is 0 Å². The molecule has 3 atom stereocenters. The van der Waals surface area contributed by atoms with Gasteiger partial charge >= 0.3 is 0 Å². The fourth-order valence-electron chi connectivity index (χ4n) is 3.16. The van der Waals surface area contributed by atoms with Crippen molar-refractivity contribution in [3.05, 3.63) is 9.93 Å². The van der Waals surface area contributed by atoms with Gasteiger partial charge < -0.3 is 19.9 Å². The molecule has 0 aromatic rings. The Morgan fingerprint density at radius 1 is 1.50 bits per heavy atom. The first-order valence-electron chi connectivity index (χ1n) is 7.69. The zero-order valence-corrected chi connectivity index (χ0v) is 15.3. The highest BCUT2D eigenvalue weighted by atomic mass is 32.2. The van der Waals surface area contributed by atoms with Crippen LogP contribution in [-0.4, -0.2) is 74.1 Å². The number of hydrogen-bond donors (Lipinski definition) is 1. The van der Waals surface area contributed by atoms with Gasteiger partial charge in [-0.25, -0.2) is 0 Å². The van der Waals surface area contributed by atoms with E-state index in [1.54, 1.807) is 18.7 Å². The molecule has 4 aliphatic rings. The second kappa shape index (κ2) is 6.15. The van der Waals surface area contributed by atoms with Gasteiger partial charge in [-0.1, -0.05) is 23.5 Å². The number of hydrogen-bond acceptors (Lipinski definition) is 9. The van der Waals surface area contributed by atoms with Crippen LogP contribution >= 0.6 is 35.3 Å². The number of carbonyl (C=O) groups is 2. The molecule has 24 heavy (non-hydrogen) atoms. The van der Waals surface area contributed by atoms with E-state index < -0.39 is 18.0 Å². The molecule has 2 fully saturated rings. The highest BCUT2D eigenvalue weighted by molar-refractivity contribution is 8.23. The SMILES string of the molecule is C[C@@H](O)[C@H]1C(=O)N2C(C(=O)[O-])=C(SC3CN(C4=NCCS4)C3)S[C@H]12. The van der Waals surface area contributed by atoms with Gasteiger partial charge in [0.25, 0.3) is 0 Å². The number of likely N-dealkylation sites (tertiary alicyclic amines) is 1. The summed E-state index contributed by atoms with van der Waals surface area (Å²) < 4.78 is 0.627. The topological polar surface area (TPSA) is 96.3 Å². The van der Waals surface area contributed by atoms with Gasteiger partial charge in [-0.05, 0) is 6.92 Å². The number of carboxylic acid groups (broad SMARTS) is 1. The Balaban J connectivity index is 1.43. The van der Waals surface area contributed by atoms with Crippen molar-refractivity contribution >= 4 is 52.3 Å². The van der Waals surface area contributed by atoms with E-state index in [0.717, 1.165) is 30.6 Å². The van der Waals surface area contributed by atoms with Crippen LogP contribution in [0, 0.1) is 5.92 Å². The quantitative estimate of drug-likeness (QED) is 0.636. The summed E-state index contributed by atoms with van der Waals surface area (Å²) in [5.74, 6) is -1.16. The normalized spacial score (nSPS) is 30.9. The number of carbonyl (C=O) groups excluding carboxylic acids is 2. The molecular formula is C14H16N3O4S3-. The third kappa shape index (κ3) is 2.54. The van der Waals surface area contributed by atoms with E-state index in [-0.39, 0.29) is 22.2 Å². The van der Waals surface area contributed by atoms with Crippen molar-refractivity contribution in [3.8, 4) is 0 Å². The van der Waals surface area contributed by atoms with Gasteiger partial charge in [-0.3, -0.25) is 14.7 Å². The Bertz CT molecular complexity index is 660. The molecule has 4 rings (SSSR count). The third-order valence-corrected chi connectivity index (χ3v) is 8.22. The van der Waals surface area contributed by atoms with E-state index >= 15 is 0 Å². The number of fused-ring (bicyclic) bond motifs is 1. The van der Waals surface area contributed by atoms with Crippen LogP contribution in [0.25, 0.3) is 0 Å². The monoisotopic (exact) mass is 386 g/mol. The second-order valence-electron chi connectivity index (χ2n) is 6.06. The first-order chi connectivity index (χ1) is 11.5. The predicted molar refractivity (Wildman–Crippen MR) is 93.1 cm³/mol. The van der Waals surface area contributed by atoms with Crippen molar-refractivity contribution in [2.24, 2.45) is 10.9 Å². The van der Waals surface area contributed by atoms with Crippen molar-refractivity contribution in [1.29, 1.82) is 0 Å². The second-order valence-corrected chi connectivity index (χ2v) is 9.82. The number of aliphatic hydroxyl groups is 1. The molecule has 10 heteroatoms. The van der Waals surface area contributed by atoms with E-state index in [2.05, 4.69) is 9.89 Å². The minimum absolute atomic E-state index is 0.0251. The van der Waals surface area contributed by atoms with Crippen LogP contribution < -0.4 is 5.11 Å². The van der Waals surface area contributed by atoms with E-state index in [9.17, 15) is 19.8 Å². The summed E-state index contributed by atoms with van der Waals surface area (Å²) in [7, 11) is 0. The lowest BCUT2D eigenvalue weighted by Gasteiger charge is -2.44. The molecule has 0 saturated carbocycles. The summed E-state index contributed by atoms with van der Waals surface area (Å²) in [6.45, 7) is 4.09. The fourth-order valence-corrected chi connectivity index (χ4v) is 7.39. The lowest BCUT2D eigenvalue weighted by molar-refractivity contribution is -0.301. The summed E-state index contributed by atoms with van der Waals surface area (Å²) in [4.78, 5) is 31.5. The van der Waals surface area contributed by atoms with Crippen molar-refractivity contribution < 1.29 is 19.8 Å².